The molecule has 4 rings (SSSR count). The predicted octanol–water partition coefficient (Wildman–Crippen LogP) is 4.13. The van der Waals surface area contributed by atoms with Gasteiger partial charge in [0.2, 0.25) is 0 Å². The van der Waals surface area contributed by atoms with E-state index in [1.54, 1.807) is 26.4 Å². The molecule has 0 unspecified atom stereocenters. The fourth-order valence-corrected chi connectivity index (χ4v) is 4.86. The van der Waals surface area contributed by atoms with Crippen molar-refractivity contribution in [3.05, 3.63) is 59.4 Å². The Hall–Kier alpha value is -2.64. The van der Waals surface area contributed by atoms with Crippen LogP contribution >= 0.6 is 0 Å². The Bertz CT molecular complexity index is 930. The molecular weight excluding hydrogens is 423 g/mol. The van der Waals surface area contributed by atoms with Gasteiger partial charge in [-0.1, -0.05) is 18.9 Å². The van der Waals surface area contributed by atoms with E-state index >= 15 is 0 Å². The second-order valence-electron chi connectivity index (χ2n) is 8.82. The number of ether oxygens (including phenoxy) is 3. The first-order chi connectivity index (χ1) is 16.1. The summed E-state index contributed by atoms with van der Waals surface area (Å²) in [4.78, 5) is 17.6. The van der Waals surface area contributed by atoms with Crippen LogP contribution < -0.4 is 9.47 Å². The summed E-state index contributed by atoms with van der Waals surface area (Å²) >= 11 is 0. The summed E-state index contributed by atoms with van der Waals surface area (Å²) in [5, 5.41) is 0. The number of hydrogen-bond acceptors (Lipinski definition) is 5. The largest absolute Gasteiger partial charge is 0.493 e. The molecule has 0 bridgehead atoms. The molecule has 2 aromatic rings. The second kappa shape index (κ2) is 11.0. The monoisotopic (exact) mass is 456 g/mol. The molecule has 0 radical (unpaired) electrons. The Labute approximate surface area is 195 Å². The number of amides is 1. The summed E-state index contributed by atoms with van der Waals surface area (Å²) in [5.41, 5.74) is 1.67. The molecule has 2 fully saturated rings. The highest BCUT2D eigenvalue weighted by molar-refractivity contribution is 5.94. The lowest BCUT2D eigenvalue weighted by atomic mass is 10.1. The van der Waals surface area contributed by atoms with E-state index in [9.17, 15) is 9.18 Å². The van der Waals surface area contributed by atoms with E-state index in [1.165, 1.54) is 12.1 Å². The molecule has 178 valence electrons. The average Bonchev–Trinajstić information content (AvgIpc) is 3.37. The van der Waals surface area contributed by atoms with Crippen molar-refractivity contribution in [2.45, 2.75) is 44.4 Å². The van der Waals surface area contributed by atoms with Crippen LogP contribution in [0.25, 0.3) is 0 Å². The number of hydrogen-bond donors (Lipinski definition) is 0. The van der Waals surface area contributed by atoms with Gasteiger partial charge in [0.25, 0.3) is 5.91 Å². The molecule has 0 aromatic heterocycles. The van der Waals surface area contributed by atoms with Gasteiger partial charge >= 0.3 is 0 Å². The predicted molar refractivity (Wildman–Crippen MR) is 124 cm³/mol. The van der Waals surface area contributed by atoms with Crippen molar-refractivity contribution in [3.8, 4) is 11.5 Å². The molecule has 1 atom stereocenters. The number of rotatable bonds is 8. The highest BCUT2D eigenvalue weighted by Gasteiger charge is 2.31. The van der Waals surface area contributed by atoms with Gasteiger partial charge in [0.05, 0.1) is 26.9 Å². The highest BCUT2D eigenvalue weighted by Crippen LogP contribution is 2.29. The minimum atomic E-state index is -0.333. The zero-order chi connectivity index (χ0) is 23.2. The zero-order valence-corrected chi connectivity index (χ0v) is 19.5. The van der Waals surface area contributed by atoms with E-state index < -0.39 is 0 Å². The van der Waals surface area contributed by atoms with Crippen LogP contribution in [0.4, 0.5) is 4.39 Å². The van der Waals surface area contributed by atoms with E-state index in [-0.39, 0.29) is 23.9 Å². The van der Waals surface area contributed by atoms with Gasteiger partial charge < -0.3 is 19.1 Å². The first kappa shape index (κ1) is 23.5. The van der Waals surface area contributed by atoms with Gasteiger partial charge in [0.15, 0.2) is 11.5 Å². The van der Waals surface area contributed by atoms with Crippen molar-refractivity contribution < 1.29 is 23.4 Å². The lowest BCUT2D eigenvalue weighted by molar-refractivity contribution is -0.0468. The fraction of sp³-hybridized carbons (Fsp3) is 0.500. The van der Waals surface area contributed by atoms with Gasteiger partial charge in [-0.2, -0.15) is 0 Å². The van der Waals surface area contributed by atoms with E-state index in [0.717, 1.165) is 56.6 Å². The summed E-state index contributed by atoms with van der Waals surface area (Å²) in [6, 6.07) is 12.0. The highest BCUT2D eigenvalue weighted by atomic mass is 19.1. The van der Waals surface area contributed by atoms with Crippen LogP contribution in [0.2, 0.25) is 0 Å². The van der Waals surface area contributed by atoms with Gasteiger partial charge in [-0.05, 0) is 54.8 Å². The summed E-state index contributed by atoms with van der Waals surface area (Å²) in [5.74, 6) is 1.06. The third kappa shape index (κ3) is 5.84. The Balaban J connectivity index is 1.43. The summed E-state index contributed by atoms with van der Waals surface area (Å²) < 4.78 is 30.2. The Morgan fingerprint density at radius 1 is 1.09 bits per heavy atom. The fourth-order valence-electron chi connectivity index (χ4n) is 4.86. The van der Waals surface area contributed by atoms with Gasteiger partial charge in [-0.3, -0.25) is 9.69 Å². The van der Waals surface area contributed by atoms with Crippen molar-refractivity contribution in [2.24, 2.45) is 0 Å². The molecule has 1 saturated carbocycles. The lowest BCUT2D eigenvalue weighted by Crippen LogP contribution is -2.50. The minimum absolute atomic E-state index is 0.0393. The van der Waals surface area contributed by atoms with Crippen LogP contribution in [0.15, 0.2) is 42.5 Å². The van der Waals surface area contributed by atoms with Crippen LogP contribution in [-0.2, 0) is 11.3 Å². The molecule has 1 amide bonds. The standard InChI is InChI=1S/C26H33FN2O4/c1-31-24-12-7-19(15-25(24)32-2)16-28-13-14-33-23(17-28)18-29(22-5-3-4-6-22)26(30)20-8-10-21(27)11-9-20/h7-12,15,22-23H,3-6,13-14,16-18H2,1-2H3/t23-/m0/s1. The van der Waals surface area contributed by atoms with Crippen LogP contribution in [-0.4, -0.2) is 68.3 Å². The smallest absolute Gasteiger partial charge is 0.254 e. The summed E-state index contributed by atoms with van der Waals surface area (Å²) in [7, 11) is 3.27. The molecule has 6 nitrogen and oxygen atoms in total. The van der Waals surface area contributed by atoms with Crippen molar-refractivity contribution in [3.63, 3.8) is 0 Å². The third-order valence-corrected chi connectivity index (χ3v) is 6.59. The molecule has 7 heteroatoms. The van der Waals surface area contributed by atoms with E-state index in [4.69, 9.17) is 14.2 Å². The maximum absolute atomic E-state index is 13.4. The molecule has 0 N–H and O–H groups in total. The molecule has 1 saturated heterocycles. The Morgan fingerprint density at radius 3 is 2.52 bits per heavy atom. The number of carbonyl (C=O) groups is 1. The Morgan fingerprint density at radius 2 is 1.82 bits per heavy atom. The number of carbonyl (C=O) groups excluding carboxylic acids is 1. The number of nitrogens with zero attached hydrogens (tertiary/aromatic N) is 2. The Kier molecular flexibility index (Phi) is 7.83. The number of benzene rings is 2. The van der Waals surface area contributed by atoms with Crippen molar-refractivity contribution in [1.82, 2.24) is 9.80 Å². The van der Waals surface area contributed by atoms with E-state index in [1.807, 2.05) is 17.0 Å². The van der Waals surface area contributed by atoms with Gasteiger partial charge in [-0.25, -0.2) is 4.39 Å². The third-order valence-electron chi connectivity index (χ3n) is 6.59. The quantitative estimate of drug-likeness (QED) is 0.598. The van der Waals surface area contributed by atoms with Crippen molar-refractivity contribution in [2.75, 3.05) is 40.5 Å². The van der Waals surface area contributed by atoms with Crippen molar-refractivity contribution in [1.29, 1.82) is 0 Å². The first-order valence-corrected chi connectivity index (χ1v) is 11.7. The zero-order valence-electron chi connectivity index (χ0n) is 19.5. The second-order valence-corrected chi connectivity index (χ2v) is 8.82. The molecular formula is C26H33FN2O4. The molecule has 2 aliphatic rings. The maximum Gasteiger partial charge on any atom is 0.254 e. The lowest BCUT2D eigenvalue weighted by Gasteiger charge is -2.38. The maximum atomic E-state index is 13.4. The topological polar surface area (TPSA) is 51.2 Å². The first-order valence-electron chi connectivity index (χ1n) is 11.7. The van der Waals surface area contributed by atoms with Crippen molar-refractivity contribution >= 4 is 5.91 Å². The van der Waals surface area contributed by atoms with Gasteiger partial charge in [0, 0.05) is 37.8 Å². The molecule has 2 aromatic carbocycles. The molecule has 0 spiro atoms. The minimum Gasteiger partial charge on any atom is -0.493 e. The summed E-state index contributed by atoms with van der Waals surface area (Å²) in [6.07, 6.45) is 4.22. The van der Waals surface area contributed by atoms with E-state index in [2.05, 4.69) is 11.0 Å². The normalized spacial score (nSPS) is 19.4. The molecule has 1 aliphatic carbocycles. The van der Waals surface area contributed by atoms with Gasteiger partial charge in [-0.15, -0.1) is 0 Å². The number of methoxy groups -OCH3 is 2. The average molecular weight is 457 g/mol. The van der Waals surface area contributed by atoms with Crippen LogP contribution in [0.5, 0.6) is 11.5 Å². The molecule has 33 heavy (non-hydrogen) atoms. The molecule has 1 aliphatic heterocycles. The summed E-state index contributed by atoms with van der Waals surface area (Å²) in [6.45, 7) is 3.52. The SMILES string of the molecule is COc1ccc(CN2CCO[C@H](CN(C(=O)c3ccc(F)cc3)C3CCCC3)C2)cc1OC. The van der Waals surface area contributed by atoms with Gasteiger partial charge in [0.1, 0.15) is 5.82 Å². The van der Waals surface area contributed by atoms with Crippen LogP contribution in [0.3, 0.4) is 0 Å². The number of halogens is 1. The van der Waals surface area contributed by atoms with Crippen LogP contribution in [0, 0.1) is 5.82 Å². The number of morpholine rings is 1. The van der Waals surface area contributed by atoms with E-state index in [0.29, 0.717) is 24.5 Å². The van der Waals surface area contributed by atoms with Crippen LogP contribution in [0.1, 0.15) is 41.6 Å². The molecule has 1 heterocycles.